The van der Waals surface area contributed by atoms with E-state index in [9.17, 15) is 0 Å². The van der Waals surface area contributed by atoms with Gasteiger partial charge in [-0.3, -0.25) is 4.68 Å². The lowest BCUT2D eigenvalue weighted by Crippen LogP contribution is -2.23. The van der Waals surface area contributed by atoms with Gasteiger partial charge in [-0.1, -0.05) is 20.3 Å². The topological polar surface area (TPSA) is 29.9 Å². The summed E-state index contributed by atoms with van der Waals surface area (Å²) in [6.07, 6.45) is 5.62. The van der Waals surface area contributed by atoms with Crippen molar-refractivity contribution < 1.29 is 0 Å². The highest BCUT2D eigenvalue weighted by Gasteiger charge is 2.00. The Labute approximate surface area is 92.9 Å². The second-order valence-electron chi connectivity index (χ2n) is 4.33. The molecule has 1 atom stereocenters. The van der Waals surface area contributed by atoms with Crippen LogP contribution in [0.25, 0.3) is 0 Å². The molecule has 1 heterocycles. The lowest BCUT2D eigenvalue weighted by atomic mass is 10.1. The number of hydrogen-bond donors (Lipinski definition) is 1. The van der Waals surface area contributed by atoms with E-state index in [0.717, 1.165) is 25.4 Å². The minimum atomic E-state index is 0.790. The third-order valence-electron chi connectivity index (χ3n) is 2.60. The summed E-state index contributed by atoms with van der Waals surface area (Å²) in [4.78, 5) is 0. The molecule has 15 heavy (non-hydrogen) atoms. The highest BCUT2D eigenvalue weighted by Crippen LogP contribution is 2.02. The highest BCUT2D eigenvalue weighted by atomic mass is 15.2. The summed E-state index contributed by atoms with van der Waals surface area (Å²) in [5.74, 6) is 0.790. The Morgan fingerprint density at radius 2 is 2.33 bits per heavy atom. The van der Waals surface area contributed by atoms with Crippen LogP contribution >= 0.6 is 0 Å². The van der Waals surface area contributed by atoms with Gasteiger partial charge in [0.05, 0.1) is 5.69 Å². The van der Waals surface area contributed by atoms with E-state index in [1.165, 1.54) is 18.5 Å². The van der Waals surface area contributed by atoms with Crippen molar-refractivity contribution in [2.75, 3.05) is 13.1 Å². The molecule has 86 valence electrons. The molecule has 0 radical (unpaired) electrons. The highest BCUT2D eigenvalue weighted by molar-refractivity contribution is 4.98. The van der Waals surface area contributed by atoms with E-state index in [0.29, 0.717) is 0 Å². The Kier molecular flexibility index (Phi) is 5.40. The Morgan fingerprint density at radius 3 is 2.93 bits per heavy atom. The number of hydrogen-bond acceptors (Lipinski definition) is 2. The van der Waals surface area contributed by atoms with Crippen LogP contribution in [0.4, 0.5) is 0 Å². The molecule has 1 rings (SSSR count). The average Bonchev–Trinajstić information content (AvgIpc) is 2.60. The molecular formula is C12H23N3. The lowest BCUT2D eigenvalue weighted by molar-refractivity contribution is 0.477. The summed E-state index contributed by atoms with van der Waals surface area (Å²) in [5.41, 5.74) is 1.17. The molecule has 1 unspecified atom stereocenters. The minimum Gasteiger partial charge on any atom is -0.316 e. The molecule has 0 amide bonds. The first kappa shape index (κ1) is 12.2. The molecule has 0 aliphatic heterocycles. The third kappa shape index (κ3) is 4.98. The first-order valence-electron chi connectivity index (χ1n) is 5.91. The third-order valence-corrected chi connectivity index (χ3v) is 2.60. The molecule has 1 aromatic rings. The van der Waals surface area contributed by atoms with Crippen LogP contribution in [0.3, 0.4) is 0 Å². The zero-order valence-electron chi connectivity index (χ0n) is 10.2. The number of nitrogens with one attached hydrogen (secondary N) is 1. The fraction of sp³-hybridized carbons (Fsp3) is 0.750. The monoisotopic (exact) mass is 209 g/mol. The van der Waals surface area contributed by atoms with Gasteiger partial charge in [-0.15, -0.1) is 0 Å². The van der Waals surface area contributed by atoms with Crippen LogP contribution in [0.15, 0.2) is 12.3 Å². The number of aromatic nitrogens is 2. The maximum atomic E-state index is 4.34. The Morgan fingerprint density at radius 1 is 1.53 bits per heavy atom. The molecule has 0 saturated heterocycles. The smallest absolute Gasteiger partial charge is 0.0637 e. The first-order chi connectivity index (χ1) is 7.22. The van der Waals surface area contributed by atoms with Crippen molar-refractivity contribution in [1.82, 2.24) is 15.1 Å². The van der Waals surface area contributed by atoms with Gasteiger partial charge in [-0.05, 0) is 24.9 Å². The van der Waals surface area contributed by atoms with Crippen molar-refractivity contribution in [2.24, 2.45) is 13.0 Å². The molecule has 1 N–H and O–H groups in total. The maximum absolute atomic E-state index is 4.34. The second kappa shape index (κ2) is 6.62. The minimum absolute atomic E-state index is 0.790. The molecule has 1 aromatic heterocycles. The fourth-order valence-electron chi connectivity index (χ4n) is 1.76. The summed E-state index contributed by atoms with van der Waals surface area (Å²) < 4.78 is 1.86. The molecule has 3 heteroatoms. The zero-order chi connectivity index (χ0) is 11.1. The van der Waals surface area contributed by atoms with Gasteiger partial charge in [0.15, 0.2) is 0 Å². The quantitative estimate of drug-likeness (QED) is 0.696. The van der Waals surface area contributed by atoms with E-state index in [4.69, 9.17) is 0 Å². The summed E-state index contributed by atoms with van der Waals surface area (Å²) in [5, 5.41) is 7.82. The molecule has 0 fully saturated rings. The van der Waals surface area contributed by atoms with Gasteiger partial charge in [0.25, 0.3) is 0 Å². The molecule has 0 saturated carbocycles. The lowest BCUT2D eigenvalue weighted by Gasteiger charge is -2.10. The largest absolute Gasteiger partial charge is 0.316 e. The fourth-order valence-corrected chi connectivity index (χ4v) is 1.76. The van der Waals surface area contributed by atoms with E-state index >= 15 is 0 Å². The van der Waals surface area contributed by atoms with E-state index in [1.54, 1.807) is 0 Å². The van der Waals surface area contributed by atoms with Crippen molar-refractivity contribution >= 4 is 0 Å². The van der Waals surface area contributed by atoms with Gasteiger partial charge in [-0.25, -0.2) is 0 Å². The standard InChI is InChI=1S/C12H23N3/c1-4-5-11(2)10-13-8-6-12-7-9-15(3)14-12/h7,9,11,13H,4-6,8,10H2,1-3H3. The Hall–Kier alpha value is -0.830. The van der Waals surface area contributed by atoms with E-state index in [1.807, 2.05) is 17.9 Å². The van der Waals surface area contributed by atoms with E-state index in [-0.39, 0.29) is 0 Å². The van der Waals surface area contributed by atoms with Crippen molar-refractivity contribution in [1.29, 1.82) is 0 Å². The van der Waals surface area contributed by atoms with Crippen LogP contribution in [0.5, 0.6) is 0 Å². The number of aryl methyl sites for hydroxylation is 1. The Bertz CT molecular complexity index is 268. The molecule has 0 spiro atoms. The van der Waals surface area contributed by atoms with Gasteiger partial charge in [0, 0.05) is 26.2 Å². The summed E-state index contributed by atoms with van der Waals surface area (Å²) in [6, 6.07) is 2.08. The predicted octanol–water partition coefficient (Wildman–Crippen LogP) is 1.99. The van der Waals surface area contributed by atoms with Gasteiger partial charge in [0.2, 0.25) is 0 Å². The number of rotatable bonds is 7. The number of nitrogens with zero attached hydrogens (tertiary/aromatic N) is 2. The van der Waals surface area contributed by atoms with Crippen molar-refractivity contribution in [3.63, 3.8) is 0 Å². The molecule has 0 aromatic carbocycles. The van der Waals surface area contributed by atoms with Crippen LogP contribution in [0.2, 0.25) is 0 Å². The molecule has 0 aliphatic rings. The van der Waals surface area contributed by atoms with Crippen LogP contribution in [-0.2, 0) is 13.5 Å². The van der Waals surface area contributed by atoms with Crippen LogP contribution in [0, 0.1) is 5.92 Å². The van der Waals surface area contributed by atoms with Gasteiger partial charge in [0.1, 0.15) is 0 Å². The summed E-state index contributed by atoms with van der Waals surface area (Å²) in [7, 11) is 1.96. The second-order valence-corrected chi connectivity index (χ2v) is 4.33. The SMILES string of the molecule is CCCC(C)CNCCc1ccn(C)n1. The normalized spacial score (nSPS) is 13.0. The average molecular weight is 209 g/mol. The predicted molar refractivity (Wildman–Crippen MR) is 63.9 cm³/mol. The Balaban J connectivity index is 2.06. The summed E-state index contributed by atoms with van der Waals surface area (Å²) in [6.45, 7) is 6.70. The van der Waals surface area contributed by atoms with E-state index in [2.05, 4.69) is 30.3 Å². The van der Waals surface area contributed by atoms with Crippen LogP contribution in [-0.4, -0.2) is 22.9 Å². The van der Waals surface area contributed by atoms with Crippen molar-refractivity contribution in [2.45, 2.75) is 33.1 Å². The van der Waals surface area contributed by atoms with Crippen LogP contribution < -0.4 is 5.32 Å². The van der Waals surface area contributed by atoms with E-state index < -0.39 is 0 Å². The van der Waals surface area contributed by atoms with Crippen molar-refractivity contribution in [3.8, 4) is 0 Å². The van der Waals surface area contributed by atoms with Crippen LogP contribution in [0.1, 0.15) is 32.4 Å². The molecule has 3 nitrogen and oxygen atoms in total. The molecule has 0 aliphatic carbocycles. The zero-order valence-corrected chi connectivity index (χ0v) is 10.2. The van der Waals surface area contributed by atoms with Gasteiger partial charge in [-0.2, -0.15) is 5.10 Å². The van der Waals surface area contributed by atoms with Gasteiger partial charge >= 0.3 is 0 Å². The summed E-state index contributed by atoms with van der Waals surface area (Å²) >= 11 is 0. The maximum Gasteiger partial charge on any atom is 0.0637 e. The molecule has 0 bridgehead atoms. The van der Waals surface area contributed by atoms with Crippen molar-refractivity contribution in [3.05, 3.63) is 18.0 Å². The molecular weight excluding hydrogens is 186 g/mol. The van der Waals surface area contributed by atoms with Gasteiger partial charge < -0.3 is 5.32 Å². The first-order valence-corrected chi connectivity index (χ1v) is 5.91.